The molecule has 1 aromatic heterocycles. The van der Waals surface area contributed by atoms with Crippen molar-refractivity contribution >= 4 is 33.2 Å². The number of aryl methyl sites for hydroxylation is 4. The molecule has 0 fully saturated rings. The van der Waals surface area contributed by atoms with Gasteiger partial charge in [-0.2, -0.15) is 0 Å². The molecule has 0 saturated heterocycles. The molecular weight excluding hydrogens is 384 g/mol. The number of rotatable bonds is 7. The number of halogens is 1. The first kappa shape index (κ1) is 17.6. The third-order valence-electron chi connectivity index (χ3n) is 4.36. The predicted molar refractivity (Wildman–Crippen MR) is 103 cm³/mol. The minimum atomic E-state index is 0.129. The fourth-order valence-corrected chi connectivity index (χ4v) is 4.70. The molecule has 1 aliphatic rings. The molecule has 0 aliphatic heterocycles. The van der Waals surface area contributed by atoms with E-state index in [0.29, 0.717) is 6.42 Å². The lowest BCUT2D eigenvalue weighted by atomic mass is 10.0. The van der Waals surface area contributed by atoms with Gasteiger partial charge in [0.2, 0.25) is 5.91 Å². The van der Waals surface area contributed by atoms with Crippen LogP contribution in [0.2, 0.25) is 0 Å². The number of hydrogen-bond acceptors (Lipinski definition) is 3. The van der Waals surface area contributed by atoms with Crippen LogP contribution in [0, 0.1) is 0 Å². The third-order valence-corrected chi connectivity index (χ3v) is 6.35. The molecule has 3 rings (SSSR count). The maximum absolute atomic E-state index is 12.0. The van der Waals surface area contributed by atoms with Crippen LogP contribution in [0.3, 0.4) is 0 Å². The molecule has 0 bridgehead atoms. The summed E-state index contributed by atoms with van der Waals surface area (Å²) in [6, 6.07) is 8.07. The SMILES string of the molecule is O=C(CCc1ccccc1Br)NCCCc1nc2c(s1)CCCC2. The van der Waals surface area contributed by atoms with Crippen molar-refractivity contribution < 1.29 is 4.79 Å². The van der Waals surface area contributed by atoms with E-state index in [9.17, 15) is 4.79 Å². The van der Waals surface area contributed by atoms with E-state index in [1.807, 2.05) is 29.5 Å². The second-order valence-corrected chi connectivity index (χ2v) is 8.25. The quantitative estimate of drug-likeness (QED) is 0.689. The van der Waals surface area contributed by atoms with Crippen molar-refractivity contribution in [1.29, 1.82) is 0 Å². The van der Waals surface area contributed by atoms with Crippen molar-refractivity contribution in [3.63, 3.8) is 0 Å². The van der Waals surface area contributed by atoms with E-state index in [2.05, 4.69) is 27.3 Å². The van der Waals surface area contributed by atoms with Crippen molar-refractivity contribution in [2.45, 2.75) is 51.4 Å². The number of carbonyl (C=O) groups excluding carboxylic acids is 1. The first-order chi connectivity index (χ1) is 11.7. The average molecular weight is 407 g/mol. The van der Waals surface area contributed by atoms with Gasteiger partial charge in [0.15, 0.2) is 0 Å². The van der Waals surface area contributed by atoms with Crippen LogP contribution < -0.4 is 5.32 Å². The molecule has 128 valence electrons. The molecular formula is C19H23BrN2OS. The van der Waals surface area contributed by atoms with Crippen LogP contribution in [0.25, 0.3) is 0 Å². The highest BCUT2D eigenvalue weighted by Crippen LogP contribution is 2.27. The van der Waals surface area contributed by atoms with Gasteiger partial charge in [-0.05, 0) is 50.2 Å². The smallest absolute Gasteiger partial charge is 0.220 e. The average Bonchev–Trinajstić information content (AvgIpc) is 3.01. The van der Waals surface area contributed by atoms with E-state index in [1.165, 1.54) is 40.4 Å². The number of nitrogens with one attached hydrogen (secondary N) is 1. The van der Waals surface area contributed by atoms with Gasteiger partial charge in [-0.1, -0.05) is 34.1 Å². The van der Waals surface area contributed by atoms with Gasteiger partial charge in [0.25, 0.3) is 0 Å². The molecule has 1 N–H and O–H groups in total. The van der Waals surface area contributed by atoms with Crippen LogP contribution in [0.1, 0.15) is 46.8 Å². The normalized spacial score (nSPS) is 13.5. The second kappa shape index (κ2) is 8.77. The summed E-state index contributed by atoms with van der Waals surface area (Å²) in [5, 5.41) is 4.27. The van der Waals surface area contributed by atoms with Crippen LogP contribution in [0.5, 0.6) is 0 Å². The largest absolute Gasteiger partial charge is 0.356 e. The Morgan fingerprint density at radius 1 is 1.21 bits per heavy atom. The van der Waals surface area contributed by atoms with E-state index in [-0.39, 0.29) is 5.91 Å². The zero-order valence-electron chi connectivity index (χ0n) is 13.8. The first-order valence-corrected chi connectivity index (χ1v) is 10.3. The van der Waals surface area contributed by atoms with E-state index < -0.39 is 0 Å². The number of carbonyl (C=O) groups is 1. The molecule has 24 heavy (non-hydrogen) atoms. The Kier molecular flexibility index (Phi) is 6.44. The van der Waals surface area contributed by atoms with Crippen LogP contribution in [-0.4, -0.2) is 17.4 Å². The Labute approximate surface area is 156 Å². The monoisotopic (exact) mass is 406 g/mol. The minimum absolute atomic E-state index is 0.129. The minimum Gasteiger partial charge on any atom is -0.356 e. The number of aromatic nitrogens is 1. The topological polar surface area (TPSA) is 42.0 Å². The summed E-state index contributed by atoms with van der Waals surface area (Å²) in [7, 11) is 0. The van der Waals surface area contributed by atoms with Crippen LogP contribution >= 0.6 is 27.3 Å². The number of fused-ring (bicyclic) bond motifs is 1. The van der Waals surface area contributed by atoms with Gasteiger partial charge in [-0.25, -0.2) is 4.98 Å². The molecule has 1 aliphatic carbocycles. The maximum Gasteiger partial charge on any atom is 0.220 e. The van der Waals surface area contributed by atoms with Crippen molar-refractivity contribution in [1.82, 2.24) is 10.3 Å². The molecule has 0 spiro atoms. The van der Waals surface area contributed by atoms with Gasteiger partial charge < -0.3 is 5.32 Å². The van der Waals surface area contributed by atoms with Crippen LogP contribution in [-0.2, 0) is 30.5 Å². The van der Waals surface area contributed by atoms with Gasteiger partial charge in [0.05, 0.1) is 10.7 Å². The highest BCUT2D eigenvalue weighted by molar-refractivity contribution is 9.10. The van der Waals surface area contributed by atoms with Gasteiger partial charge in [-0.15, -0.1) is 11.3 Å². The second-order valence-electron chi connectivity index (χ2n) is 6.23. The molecule has 2 aromatic rings. The molecule has 3 nitrogen and oxygen atoms in total. The molecule has 0 radical (unpaired) electrons. The zero-order chi connectivity index (χ0) is 16.8. The van der Waals surface area contributed by atoms with E-state index in [1.54, 1.807) is 0 Å². The summed E-state index contributed by atoms with van der Waals surface area (Å²) in [6.07, 6.45) is 8.19. The van der Waals surface area contributed by atoms with Crippen molar-refractivity contribution in [3.8, 4) is 0 Å². The molecule has 1 amide bonds. The van der Waals surface area contributed by atoms with Crippen LogP contribution in [0.4, 0.5) is 0 Å². The first-order valence-electron chi connectivity index (χ1n) is 8.70. The number of benzene rings is 1. The number of thiazole rings is 1. The lowest BCUT2D eigenvalue weighted by Crippen LogP contribution is -2.25. The molecule has 1 aromatic carbocycles. The van der Waals surface area contributed by atoms with Gasteiger partial charge in [-0.3, -0.25) is 4.79 Å². The van der Waals surface area contributed by atoms with E-state index >= 15 is 0 Å². The van der Waals surface area contributed by atoms with Crippen molar-refractivity contribution in [3.05, 3.63) is 49.9 Å². The molecule has 1 heterocycles. The summed E-state index contributed by atoms with van der Waals surface area (Å²) >= 11 is 5.40. The fraction of sp³-hybridized carbons (Fsp3) is 0.474. The molecule has 5 heteroatoms. The van der Waals surface area contributed by atoms with Gasteiger partial charge in [0, 0.05) is 28.7 Å². The lowest BCUT2D eigenvalue weighted by molar-refractivity contribution is -0.121. The number of nitrogens with zero attached hydrogens (tertiary/aromatic N) is 1. The van der Waals surface area contributed by atoms with Crippen molar-refractivity contribution in [2.75, 3.05) is 6.54 Å². The predicted octanol–water partition coefficient (Wildman–Crippen LogP) is 4.47. The van der Waals surface area contributed by atoms with E-state index in [4.69, 9.17) is 4.98 Å². The Morgan fingerprint density at radius 2 is 2.04 bits per heavy atom. The third kappa shape index (κ3) is 4.90. The molecule has 0 saturated carbocycles. The van der Waals surface area contributed by atoms with Gasteiger partial charge >= 0.3 is 0 Å². The highest BCUT2D eigenvalue weighted by atomic mass is 79.9. The Morgan fingerprint density at radius 3 is 2.88 bits per heavy atom. The summed E-state index contributed by atoms with van der Waals surface area (Å²) < 4.78 is 1.07. The number of hydrogen-bond donors (Lipinski definition) is 1. The van der Waals surface area contributed by atoms with E-state index in [0.717, 1.165) is 36.7 Å². The Balaban J connectivity index is 1.35. The Hall–Kier alpha value is -1.20. The zero-order valence-corrected chi connectivity index (χ0v) is 16.2. The summed E-state index contributed by atoms with van der Waals surface area (Å²) in [5.41, 5.74) is 2.51. The summed E-state index contributed by atoms with van der Waals surface area (Å²) in [6.45, 7) is 0.735. The summed E-state index contributed by atoms with van der Waals surface area (Å²) in [5.74, 6) is 0.129. The fourth-order valence-electron chi connectivity index (χ4n) is 3.02. The lowest BCUT2D eigenvalue weighted by Gasteiger charge is -2.06. The Bertz CT molecular complexity index is 675. The number of amides is 1. The van der Waals surface area contributed by atoms with Crippen molar-refractivity contribution in [2.24, 2.45) is 0 Å². The molecule has 0 unspecified atom stereocenters. The standard InChI is InChI=1S/C19H23BrN2OS/c20-15-7-2-1-6-14(15)11-12-18(23)21-13-5-10-19-22-16-8-3-4-9-17(16)24-19/h1-2,6-7H,3-5,8-13H2,(H,21,23). The molecule has 0 atom stereocenters. The van der Waals surface area contributed by atoms with Gasteiger partial charge in [0.1, 0.15) is 0 Å². The van der Waals surface area contributed by atoms with Crippen LogP contribution in [0.15, 0.2) is 28.7 Å². The highest BCUT2D eigenvalue weighted by Gasteiger charge is 2.14. The maximum atomic E-state index is 12.0. The summed E-state index contributed by atoms with van der Waals surface area (Å²) in [4.78, 5) is 18.2.